The van der Waals surface area contributed by atoms with Gasteiger partial charge in [0.15, 0.2) is 0 Å². The van der Waals surface area contributed by atoms with E-state index in [1.165, 1.54) is 0 Å². The number of nitrogens with zero attached hydrogens (tertiary/aromatic N) is 1. The van der Waals surface area contributed by atoms with Crippen molar-refractivity contribution in [1.29, 1.82) is 0 Å². The van der Waals surface area contributed by atoms with Crippen LogP contribution in [0.25, 0.3) is 0 Å². The summed E-state index contributed by atoms with van der Waals surface area (Å²) in [5.74, 6) is 5.95. The van der Waals surface area contributed by atoms with E-state index in [0.717, 1.165) is 28.1 Å². The van der Waals surface area contributed by atoms with E-state index in [1.54, 1.807) is 13.3 Å². The van der Waals surface area contributed by atoms with Gasteiger partial charge in [-0.25, -0.2) is 0 Å². The van der Waals surface area contributed by atoms with E-state index >= 15 is 0 Å². The van der Waals surface area contributed by atoms with Crippen LogP contribution in [0, 0.1) is 18.8 Å². The van der Waals surface area contributed by atoms with Crippen molar-refractivity contribution in [2.75, 3.05) is 12.4 Å². The molecule has 0 atom stereocenters. The van der Waals surface area contributed by atoms with Crippen LogP contribution < -0.4 is 5.32 Å². The van der Waals surface area contributed by atoms with E-state index in [2.05, 4.69) is 41.7 Å². The predicted molar refractivity (Wildman–Crippen MR) is 84.7 cm³/mol. The molecule has 0 heterocycles. The largest absolute Gasteiger partial charge is 0.356 e. The van der Waals surface area contributed by atoms with Crippen molar-refractivity contribution in [3.63, 3.8) is 0 Å². The van der Waals surface area contributed by atoms with Crippen LogP contribution in [-0.4, -0.2) is 13.3 Å². The van der Waals surface area contributed by atoms with Gasteiger partial charge in [-0.3, -0.25) is 4.99 Å². The first-order valence-corrected chi connectivity index (χ1v) is 6.17. The van der Waals surface area contributed by atoms with Gasteiger partial charge in [0.25, 0.3) is 0 Å². The Balaban J connectivity index is 2.88. The second-order valence-corrected chi connectivity index (χ2v) is 4.27. The fourth-order valence-electron chi connectivity index (χ4n) is 1.57. The standard InChI is InChI=1S/C17H20N2/c1-6-7-16-8-9-17(14(3)12-16)19-15(4)13(2)10-11-18-5/h8-12,19H,4H2,1-3,5H3/b13-10+,18-11-. The van der Waals surface area contributed by atoms with E-state index in [0.29, 0.717) is 0 Å². The average Bonchev–Trinajstić information content (AvgIpc) is 2.39. The van der Waals surface area contributed by atoms with Crippen LogP contribution in [-0.2, 0) is 0 Å². The van der Waals surface area contributed by atoms with Crippen LogP contribution in [0.1, 0.15) is 25.0 Å². The highest BCUT2D eigenvalue weighted by Crippen LogP contribution is 2.19. The summed E-state index contributed by atoms with van der Waals surface area (Å²) in [6.07, 6.45) is 3.69. The quantitative estimate of drug-likeness (QED) is 0.490. The summed E-state index contributed by atoms with van der Waals surface area (Å²) in [7, 11) is 1.75. The summed E-state index contributed by atoms with van der Waals surface area (Å²) in [6, 6.07) is 6.10. The highest BCUT2D eigenvalue weighted by Gasteiger charge is 2.01. The molecule has 0 radical (unpaired) electrons. The topological polar surface area (TPSA) is 24.4 Å². The fraction of sp³-hybridized carbons (Fsp3) is 0.235. The maximum absolute atomic E-state index is 4.03. The second kappa shape index (κ2) is 7.23. The van der Waals surface area contributed by atoms with E-state index in [1.807, 2.05) is 32.1 Å². The summed E-state index contributed by atoms with van der Waals surface area (Å²) in [5, 5.41) is 3.32. The first kappa shape index (κ1) is 14.8. The van der Waals surface area contributed by atoms with E-state index < -0.39 is 0 Å². The Morgan fingerprint density at radius 3 is 2.74 bits per heavy atom. The van der Waals surface area contributed by atoms with E-state index in [4.69, 9.17) is 0 Å². The summed E-state index contributed by atoms with van der Waals surface area (Å²) in [5.41, 5.74) is 5.16. The highest BCUT2D eigenvalue weighted by molar-refractivity contribution is 5.74. The van der Waals surface area contributed by atoms with Gasteiger partial charge in [-0.1, -0.05) is 12.5 Å². The van der Waals surface area contributed by atoms with Gasteiger partial charge in [0.1, 0.15) is 0 Å². The SMILES string of the molecule is C=C(Nc1ccc(C#CC)cc1C)/C(C)=C/C=N\C. The number of nitrogens with one attached hydrogen (secondary N) is 1. The molecule has 0 unspecified atom stereocenters. The molecule has 2 heteroatoms. The number of aryl methyl sites for hydroxylation is 1. The molecule has 0 aliphatic rings. The molecule has 0 fully saturated rings. The molecule has 0 saturated carbocycles. The number of anilines is 1. The van der Waals surface area contributed by atoms with E-state index in [9.17, 15) is 0 Å². The fourth-order valence-corrected chi connectivity index (χ4v) is 1.57. The summed E-state index contributed by atoms with van der Waals surface area (Å²) in [4.78, 5) is 3.93. The molecule has 1 rings (SSSR count). The minimum Gasteiger partial charge on any atom is -0.356 e. The maximum atomic E-state index is 4.03. The average molecular weight is 252 g/mol. The number of hydrogen-bond acceptors (Lipinski definition) is 2. The van der Waals surface area contributed by atoms with Gasteiger partial charge in [-0.15, -0.1) is 5.92 Å². The Morgan fingerprint density at radius 1 is 1.42 bits per heavy atom. The number of aliphatic imine (C=N–C) groups is 1. The lowest BCUT2D eigenvalue weighted by Crippen LogP contribution is -2.01. The third-order valence-corrected chi connectivity index (χ3v) is 2.73. The summed E-state index contributed by atoms with van der Waals surface area (Å²) < 4.78 is 0. The molecule has 0 bridgehead atoms. The van der Waals surface area contributed by atoms with Crippen molar-refractivity contribution in [3.05, 3.63) is 53.3 Å². The van der Waals surface area contributed by atoms with Crippen molar-refractivity contribution in [1.82, 2.24) is 0 Å². The third-order valence-electron chi connectivity index (χ3n) is 2.73. The molecule has 19 heavy (non-hydrogen) atoms. The van der Waals surface area contributed by atoms with Crippen molar-refractivity contribution >= 4 is 11.9 Å². The molecule has 0 aromatic heterocycles. The van der Waals surface area contributed by atoms with Crippen LogP contribution in [0.5, 0.6) is 0 Å². The number of rotatable bonds is 4. The minimum absolute atomic E-state index is 0.873. The zero-order valence-corrected chi connectivity index (χ0v) is 12.0. The minimum atomic E-state index is 0.873. The van der Waals surface area contributed by atoms with Crippen molar-refractivity contribution < 1.29 is 0 Å². The number of hydrogen-bond donors (Lipinski definition) is 1. The molecule has 1 aromatic carbocycles. The smallest absolute Gasteiger partial charge is 0.0414 e. The zero-order valence-electron chi connectivity index (χ0n) is 12.0. The monoisotopic (exact) mass is 252 g/mol. The molecule has 2 nitrogen and oxygen atoms in total. The molecule has 0 saturated heterocycles. The molecular weight excluding hydrogens is 232 g/mol. The van der Waals surface area contributed by atoms with Crippen LogP contribution in [0.2, 0.25) is 0 Å². The van der Waals surface area contributed by atoms with Crippen LogP contribution in [0.4, 0.5) is 5.69 Å². The Kier molecular flexibility index (Phi) is 5.63. The molecule has 98 valence electrons. The highest BCUT2D eigenvalue weighted by atomic mass is 14.9. The third kappa shape index (κ3) is 4.48. The lowest BCUT2D eigenvalue weighted by molar-refractivity contribution is 1.33. The van der Waals surface area contributed by atoms with Crippen molar-refractivity contribution in [3.8, 4) is 11.8 Å². The summed E-state index contributed by atoms with van der Waals surface area (Å²) in [6.45, 7) is 9.94. The molecule has 0 spiro atoms. The van der Waals surface area contributed by atoms with Gasteiger partial charge in [0.2, 0.25) is 0 Å². The van der Waals surface area contributed by atoms with Gasteiger partial charge < -0.3 is 5.32 Å². The Hall–Kier alpha value is -2.27. The Bertz CT molecular complexity index is 581. The molecule has 0 aliphatic heterocycles. The van der Waals surface area contributed by atoms with E-state index in [-0.39, 0.29) is 0 Å². The van der Waals surface area contributed by atoms with Gasteiger partial charge in [-0.05, 0) is 56.2 Å². The first-order chi connectivity index (χ1) is 9.08. The lowest BCUT2D eigenvalue weighted by Gasteiger charge is -2.12. The molecular formula is C17H20N2. The lowest BCUT2D eigenvalue weighted by atomic mass is 10.1. The number of allylic oxidation sites excluding steroid dienone is 2. The van der Waals surface area contributed by atoms with Gasteiger partial charge >= 0.3 is 0 Å². The second-order valence-electron chi connectivity index (χ2n) is 4.27. The van der Waals surface area contributed by atoms with Gasteiger partial charge in [0, 0.05) is 30.2 Å². The van der Waals surface area contributed by atoms with Gasteiger partial charge in [-0.2, -0.15) is 0 Å². The maximum Gasteiger partial charge on any atom is 0.0414 e. The molecule has 0 amide bonds. The summed E-state index contributed by atoms with van der Waals surface area (Å²) >= 11 is 0. The van der Waals surface area contributed by atoms with Gasteiger partial charge in [0.05, 0.1) is 0 Å². The molecule has 1 N–H and O–H groups in total. The van der Waals surface area contributed by atoms with Crippen LogP contribution in [0.15, 0.2) is 47.1 Å². The number of benzene rings is 1. The Morgan fingerprint density at radius 2 is 2.16 bits per heavy atom. The van der Waals surface area contributed by atoms with Crippen LogP contribution in [0.3, 0.4) is 0 Å². The van der Waals surface area contributed by atoms with Crippen molar-refractivity contribution in [2.45, 2.75) is 20.8 Å². The van der Waals surface area contributed by atoms with Crippen molar-refractivity contribution in [2.24, 2.45) is 4.99 Å². The Labute approximate surface area is 116 Å². The van der Waals surface area contributed by atoms with Crippen LogP contribution >= 0.6 is 0 Å². The zero-order chi connectivity index (χ0) is 14.3. The predicted octanol–water partition coefficient (Wildman–Crippen LogP) is 3.94. The first-order valence-electron chi connectivity index (χ1n) is 6.17. The molecule has 1 aromatic rings. The molecule has 0 aliphatic carbocycles. The normalized spacial score (nSPS) is 11.1.